The maximum Gasteiger partial charge on any atom is 0.0602 e. The van der Waals surface area contributed by atoms with Crippen LogP contribution in [0, 0.1) is 6.92 Å². The first-order valence-corrected chi connectivity index (χ1v) is 7.27. The highest BCUT2D eigenvalue weighted by Crippen LogP contribution is 2.24. The standard InChI is InChI=1S/C14H21BrN2O/c1-10-3-4-13(7-14(10)15)17-6-5-11(2)16-12(8-17)9-18/h3-4,7,11-12,16,18H,5-6,8-9H2,1-2H3. The number of aliphatic hydroxyl groups excluding tert-OH is 1. The third-order valence-corrected chi connectivity index (χ3v) is 4.39. The highest BCUT2D eigenvalue weighted by atomic mass is 79.9. The van der Waals surface area contributed by atoms with Crippen LogP contribution < -0.4 is 10.2 Å². The van der Waals surface area contributed by atoms with Gasteiger partial charge in [0.15, 0.2) is 0 Å². The topological polar surface area (TPSA) is 35.5 Å². The van der Waals surface area contributed by atoms with Crippen molar-refractivity contribution in [1.29, 1.82) is 0 Å². The van der Waals surface area contributed by atoms with E-state index >= 15 is 0 Å². The molecule has 0 aromatic heterocycles. The lowest BCUT2D eigenvalue weighted by Crippen LogP contribution is -2.42. The number of hydrogen-bond donors (Lipinski definition) is 2. The molecule has 1 aromatic rings. The number of nitrogens with zero attached hydrogens (tertiary/aromatic N) is 1. The van der Waals surface area contributed by atoms with Crippen molar-refractivity contribution < 1.29 is 5.11 Å². The minimum Gasteiger partial charge on any atom is -0.395 e. The number of aliphatic hydroxyl groups is 1. The van der Waals surface area contributed by atoms with Gasteiger partial charge in [-0.05, 0) is 38.0 Å². The van der Waals surface area contributed by atoms with Gasteiger partial charge >= 0.3 is 0 Å². The smallest absolute Gasteiger partial charge is 0.0602 e. The second-order valence-electron chi connectivity index (χ2n) is 5.12. The maximum absolute atomic E-state index is 9.40. The van der Waals surface area contributed by atoms with Gasteiger partial charge in [0.1, 0.15) is 0 Å². The van der Waals surface area contributed by atoms with Gasteiger partial charge in [-0.2, -0.15) is 0 Å². The van der Waals surface area contributed by atoms with Crippen LogP contribution in [-0.2, 0) is 0 Å². The Bertz CT molecular complexity index is 411. The predicted molar refractivity (Wildman–Crippen MR) is 79.2 cm³/mol. The van der Waals surface area contributed by atoms with Crippen molar-refractivity contribution >= 4 is 21.6 Å². The van der Waals surface area contributed by atoms with E-state index in [4.69, 9.17) is 0 Å². The lowest BCUT2D eigenvalue weighted by molar-refractivity contribution is 0.240. The fourth-order valence-electron chi connectivity index (χ4n) is 2.37. The highest BCUT2D eigenvalue weighted by molar-refractivity contribution is 9.10. The molecule has 1 aliphatic heterocycles. The molecule has 0 saturated carbocycles. The second kappa shape index (κ2) is 6.04. The summed E-state index contributed by atoms with van der Waals surface area (Å²) in [6.45, 7) is 6.35. The first kappa shape index (κ1) is 13.8. The van der Waals surface area contributed by atoms with E-state index in [0.29, 0.717) is 6.04 Å². The minimum absolute atomic E-state index is 0.155. The summed E-state index contributed by atoms with van der Waals surface area (Å²) in [5, 5.41) is 12.8. The summed E-state index contributed by atoms with van der Waals surface area (Å²) in [6.07, 6.45) is 1.10. The number of hydrogen-bond acceptors (Lipinski definition) is 3. The van der Waals surface area contributed by atoms with Gasteiger partial charge in [0.25, 0.3) is 0 Å². The van der Waals surface area contributed by atoms with Gasteiger partial charge < -0.3 is 15.3 Å². The van der Waals surface area contributed by atoms with Crippen molar-refractivity contribution in [1.82, 2.24) is 5.32 Å². The van der Waals surface area contributed by atoms with Gasteiger partial charge in [-0.1, -0.05) is 22.0 Å². The molecule has 2 N–H and O–H groups in total. The molecule has 2 unspecified atom stereocenters. The predicted octanol–water partition coefficient (Wildman–Crippen LogP) is 2.31. The summed E-state index contributed by atoms with van der Waals surface area (Å²) in [7, 11) is 0. The fourth-order valence-corrected chi connectivity index (χ4v) is 2.74. The van der Waals surface area contributed by atoms with Gasteiger partial charge in [-0.3, -0.25) is 0 Å². The molecule has 2 rings (SSSR count). The van der Waals surface area contributed by atoms with Crippen LogP contribution in [0.2, 0.25) is 0 Å². The van der Waals surface area contributed by atoms with Crippen molar-refractivity contribution in [3.05, 3.63) is 28.2 Å². The molecule has 2 atom stereocenters. The van der Waals surface area contributed by atoms with E-state index in [0.717, 1.165) is 24.0 Å². The molecule has 0 bridgehead atoms. The Morgan fingerprint density at radius 2 is 2.28 bits per heavy atom. The molecule has 0 aliphatic carbocycles. The summed E-state index contributed by atoms with van der Waals surface area (Å²) in [4.78, 5) is 2.35. The Labute approximate surface area is 117 Å². The van der Waals surface area contributed by atoms with E-state index in [1.807, 2.05) is 0 Å². The summed E-state index contributed by atoms with van der Waals surface area (Å²) >= 11 is 3.58. The van der Waals surface area contributed by atoms with Gasteiger partial charge in [0, 0.05) is 35.3 Å². The number of nitrogens with one attached hydrogen (secondary N) is 1. The molecular formula is C14H21BrN2O. The molecule has 0 amide bonds. The zero-order valence-corrected chi connectivity index (χ0v) is 12.6. The largest absolute Gasteiger partial charge is 0.395 e. The number of benzene rings is 1. The van der Waals surface area contributed by atoms with Crippen LogP contribution in [0.1, 0.15) is 18.9 Å². The van der Waals surface area contributed by atoms with E-state index in [1.165, 1.54) is 11.3 Å². The van der Waals surface area contributed by atoms with Crippen LogP contribution >= 0.6 is 15.9 Å². The molecule has 3 nitrogen and oxygen atoms in total. The Hall–Kier alpha value is -0.580. The zero-order chi connectivity index (χ0) is 13.1. The monoisotopic (exact) mass is 312 g/mol. The van der Waals surface area contributed by atoms with Gasteiger partial charge in [0.2, 0.25) is 0 Å². The first-order valence-electron chi connectivity index (χ1n) is 6.48. The lowest BCUT2D eigenvalue weighted by Gasteiger charge is -2.26. The van der Waals surface area contributed by atoms with Crippen LogP contribution in [0.3, 0.4) is 0 Å². The molecule has 0 spiro atoms. The average Bonchev–Trinajstić information content (AvgIpc) is 2.54. The Balaban J connectivity index is 2.17. The Morgan fingerprint density at radius 1 is 1.50 bits per heavy atom. The van der Waals surface area contributed by atoms with E-state index < -0.39 is 0 Å². The van der Waals surface area contributed by atoms with Crippen LogP contribution in [0.5, 0.6) is 0 Å². The zero-order valence-electron chi connectivity index (χ0n) is 11.0. The van der Waals surface area contributed by atoms with Crippen molar-refractivity contribution in [3.8, 4) is 0 Å². The molecule has 1 saturated heterocycles. The molecule has 1 aromatic carbocycles. The van der Waals surface area contributed by atoms with Crippen LogP contribution in [-0.4, -0.2) is 36.9 Å². The minimum atomic E-state index is 0.155. The van der Waals surface area contributed by atoms with E-state index in [1.54, 1.807) is 0 Å². The van der Waals surface area contributed by atoms with E-state index in [-0.39, 0.29) is 12.6 Å². The molecule has 1 aliphatic rings. The second-order valence-corrected chi connectivity index (χ2v) is 5.97. The third-order valence-electron chi connectivity index (χ3n) is 3.53. The lowest BCUT2D eigenvalue weighted by atomic mass is 10.2. The normalized spacial score (nSPS) is 25.0. The molecule has 18 heavy (non-hydrogen) atoms. The summed E-state index contributed by atoms with van der Waals surface area (Å²) in [6, 6.07) is 7.07. The summed E-state index contributed by atoms with van der Waals surface area (Å²) in [5.74, 6) is 0. The van der Waals surface area contributed by atoms with Crippen molar-refractivity contribution in [2.45, 2.75) is 32.4 Å². The maximum atomic E-state index is 9.40. The molecule has 4 heteroatoms. The molecule has 100 valence electrons. The Morgan fingerprint density at radius 3 is 2.94 bits per heavy atom. The van der Waals surface area contributed by atoms with Crippen LogP contribution in [0.25, 0.3) is 0 Å². The number of aryl methyl sites for hydroxylation is 1. The van der Waals surface area contributed by atoms with Crippen LogP contribution in [0.4, 0.5) is 5.69 Å². The van der Waals surface area contributed by atoms with E-state index in [2.05, 4.69) is 58.2 Å². The first-order chi connectivity index (χ1) is 8.60. The molecule has 1 fully saturated rings. The van der Waals surface area contributed by atoms with Gasteiger partial charge in [-0.25, -0.2) is 0 Å². The summed E-state index contributed by atoms with van der Waals surface area (Å²) < 4.78 is 1.14. The third kappa shape index (κ3) is 3.25. The quantitative estimate of drug-likeness (QED) is 0.879. The van der Waals surface area contributed by atoms with Gasteiger partial charge in [0.05, 0.1) is 6.61 Å². The summed E-state index contributed by atoms with van der Waals surface area (Å²) in [5.41, 5.74) is 2.47. The average molecular weight is 313 g/mol. The molecular weight excluding hydrogens is 292 g/mol. The van der Waals surface area contributed by atoms with Crippen molar-refractivity contribution in [3.63, 3.8) is 0 Å². The molecule has 1 heterocycles. The number of anilines is 1. The van der Waals surface area contributed by atoms with Crippen molar-refractivity contribution in [2.24, 2.45) is 0 Å². The fraction of sp³-hybridized carbons (Fsp3) is 0.571. The van der Waals surface area contributed by atoms with Crippen molar-refractivity contribution in [2.75, 3.05) is 24.6 Å². The van der Waals surface area contributed by atoms with E-state index in [9.17, 15) is 5.11 Å². The highest BCUT2D eigenvalue weighted by Gasteiger charge is 2.21. The van der Waals surface area contributed by atoms with Crippen LogP contribution in [0.15, 0.2) is 22.7 Å². The SMILES string of the molecule is Cc1ccc(N2CCC(C)NC(CO)C2)cc1Br. The molecule has 0 radical (unpaired) electrons. The Kier molecular flexibility index (Phi) is 4.65. The van der Waals surface area contributed by atoms with Gasteiger partial charge in [-0.15, -0.1) is 0 Å². The number of halogens is 1. The number of rotatable bonds is 2.